The molecule has 0 aliphatic carbocycles. The highest BCUT2D eigenvalue weighted by Crippen LogP contribution is 2.14. The molecule has 0 radical (unpaired) electrons. The van der Waals surface area contributed by atoms with E-state index < -0.39 is 0 Å². The molecule has 0 bridgehead atoms. The molecule has 0 saturated carbocycles. The number of aliphatic imine (C=N–C) groups is 1. The van der Waals surface area contributed by atoms with Crippen LogP contribution in [0, 0.1) is 5.92 Å². The van der Waals surface area contributed by atoms with Crippen LogP contribution in [0.15, 0.2) is 4.99 Å². The first-order valence-electron chi connectivity index (χ1n) is 10.6. The van der Waals surface area contributed by atoms with Crippen LogP contribution in [0.25, 0.3) is 0 Å². The summed E-state index contributed by atoms with van der Waals surface area (Å²) in [4.78, 5) is 9.75. The lowest BCUT2D eigenvalue weighted by molar-refractivity contribution is 0.0143. The maximum atomic E-state index is 5.51. The van der Waals surface area contributed by atoms with Crippen LogP contribution >= 0.6 is 0 Å². The van der Waals surface area contributed by atoms with Gasteiger partial charge in [0.2, 0.25) is 0 Å². The van der Waals surface area contributed by atoms with Gasteiger partial charge in [-0.3, -0.25) is 9.89 Å². The quantitative estimate of drug-likeness (QED) is 0.283. The number of ether oxygens (including phenoxy) is 2. The van der Waals surface area contributed by atoms with Crippen molar-refractivity contribution in [3.05, 3.63) is 0 Å². The zero-order valence-corrected chi connectivity index (χ0v) is 18.3. The van der Waals surface area contributed by atoms with E-state index in [4.69, 9.17) is 14.5 Å². The average Bonchev–Trinajstić information content (AvgIpc) is 2.65. The van der Waals surface area contributed by atoms with Gasteiger partial charge < -0.3 is 25.0 Å². The largest absolute Gasteiger partial charge is 0.385 e. The van der Waals surface area contributed by atoms with Crippen molar-refractivity contribution >= 4 is 5.96 Å². The van der Waals surface area contributed by atoms with Gasteiger partial charge in [0.05, 0.1) is 19.8 Å². The fourth-order valence-corrected chi connectivity index (χ4v) is 3.32. The minimum Gasteiger partial charge on any atom is -0.385 e. The molecule has 1 saturated heterocycles. The van der Waals surface area contributed by atoms with Gasteiger partial charge in [0, 0.05) is 59.0 Å². The number of hydrogen-bond acceptors (Lipinski definition) is 5. The first-order valence-corrected chi connectivity index (χ1v) is 10.6. The lowest BCUT2D eigenvalue weighted by Crippen LogP contribution is -2.46. The standard InChI is InChI=1S/C20H43N5O2/c1-6-21-20(22-8-10-24(4)9-7-13-26-5)23-17-19(16-18(2)3)25-11-14-27-15-12-25/h18-19H,6-17H2,1-5H3,(H2,21,22,23). The third kappa shape index (κ3) is 11.5. The Balaban J connectivity index is 2.48. The van der Waals surface area contributed by atoms with Gasteiger partial charge >= 0.3 is 0 Å². The smallest absolute Gasteiger partial charge is 0.191 e. The summed E-state index contributed by atoms with van der Waals surface area (Å²) in [7, 11) is 3.91. The molecule has 7 nitrogen and oxygen atoms in total. The molecule has 0 aromatic heterocycles. The lowest BCUT2D eigenvalue weighted by atomic mass is 10.0. The van der Waals surface area contributed by atoms with Crippen molar-refractivity contribution < 1.29 is 9.47 Å². The predicted molar refractivity (Wildman–Crippen MR) is 114 cm³/mol. The first-order chi connectivity index (χ1) is 13.1. The van der Waals surface area contributed by atoms with E-state index in [-0.39, 0.29) is 0 Å². The molecule has 1 rings (SSSR count). The van der Waals surface area contributed by atoms with E-state index in [1.54, 1.807) is 7.11 Å². The van der Waals surface area contributed by atoms with Crippen LogP contribution in [-0.2, 0) is 9.47 Å². The van der Waals surface area contributed by atoms with Gasteiger partial charge in [-0.25, -0.2) is 0 Å². The zero-order chi connectivity index (χ0) is 19.9. The van der Waals surface area contributed by atoms with Crippen molar-refractivity contribution in [3.8, 4) is 0 Å². The van der Waals surface area contributed by atoms with Crippen molar-refractivity contribution in [1.29, 1.82) is 0 Å². The number of morpholine rings is 1. The highest BCUT2D eigenvalue weighted by atomic mass is 16.5. The second kappa shape index (κ2) is 15.1. The maximum absolute atomic E-state index is 5.51. The topological polar surface area (TPSA) is 61.4 Å². The van der Waals surface area contributed by atoms with Crippen LogP contribution in [0.5, 0.6) is 0 Å². The molecule has 1 aliphatic rings. The van der Waals surface area contributed by atoms with Crippen molar-refractivity contribution in [3.63, 3.8) is 0 Å². The summed E-state index contributed by atoms with van der Waals surface area (Å²) in [6, 6.07) is 0.487. The van der Waals surface area contributed by atoms with Crippen molar-refractivity contribution in [2.45, 2.75) is 39.7 Å². The number of nitrogens with one attached hydrogen (secondary N) is 2. The Morgan fingerprint density at radius 1 is 1.22 bits per heavy atom. The molecule has 1 atom stereocenters. The Bertz CT molecular complexity index is 387. The number of guanidine groups is 1. The second-order valence-corrected chi connectivity index (χ2v) is 7.73. The SMILES string of the molecule is CCNC(=NCC(CC(C)C)N1CCOCC1)NCCN(C)CCCOC. The Labute approximate surface area is 166 Å². The highest BCUT2D eigenvalue weighted by Gasteiger charge is 2.21. The predicted octanol–water partition coefficient (Wildman–Crippen LogP) is 1.26. The number of nitrogens with zero attached hydrogens (tertiary/aromatic N) is 3. The van der Waals surface area contributed by atoms with Gasteiger partial charge in [-0.1, -0.05) is 13.8 Å². The van der Waals surface area contributed by atoms with Crippen molar-refractivity contribution in [2.24, 2.45) is 10.9 Å². The highest BCUT2D eigenvalue weighted by molar-refractivity contribution is 5.79. The monoisotopic (exact) mass is 385 g/mol. The molecule has 1 fully saturated rings. The maximum Gasteiger partial charge on any atom is 0.191 e. The van der Waals surface area contributed by atoms with Crippen molar-refractivity contribution in [1.82, 2.24) is 20.4 Å². The molecular formula is C20H43N5O2. The molecule has 160 valence electrons. The molecule has 27 heavy (non-hydrogen) atoms. The summed E-state index contributed by atoms with van der Waals surface area (Å²) in [5, 5.41) is 6.85. The Morgan fingerprint density at radius 3 is 2.59 bits per heavy atom. The van der Waals surface area contributed by atoms with Crippen LogP contribution in [0.1, 0.15) is 33.6 Å². The fourth-order valence-electron chi connectivity index (χ4n) is 3.32. The van der Waals surface area contributed by atoms with Crippen LogP contribution in [-0.4, -0.2) is 102 Å². The molecule has 1 aliphatic heterocycles. The zero-order valence-electron chi connectivity index (χ0n) is 18.3. The summed E-state index contributed by atoms with van der Waals surface area (Å²) in [5.41, 5.74) is 0. The fraction of sp³-hybridized carbons (Fsp3) is 0.950. The summed E-state index contributed by atoms with van der Waals surface area (Å²) in [5.74, 6) is 1.59. The summed E-state index contributed by atoms with van der Waals surface area (Å²) in [6.45, 7) is 15.9. The number of likely N-dealkylation sites (N-methyl/N-ethyl adjacent to an activating group) is 1. The molecular weight excluding hydrogens is 342 g/mol. The van der Waals surface area contributed by atoms with Gasteiger partial charge in [0.25, 0.3) is 0 Å². The molecule has 1 heterocycles. The molecule has 0 aromatic carbocycles. The van der Waals surface area contributed by atoms with Gasteiger partial charge in [0.1, 0.15) is 0 Å². The van der Waals surface area contributed by atoms with E-state index in [0.29, 0.717) is 12.0 Å². The molecule has 0 amide bonds. The second-order valence-electron chi connectivity index (χ2n) is 7.73. The molecule has 2 N–H and O–H groups in total. The Hall–Kier alpha value is -0.890. The lowest BCUT2D eigenvalue weighted by Gasteiger charge is -2.34. The number of methoxy groups -OCH3 is 1. The Kier molecular flexibility index (Phi) is 13.5. The van der Waals surface area contributed by atoms with E-state index in [2.05, 4.69) is 48.3 Å². The number of rotatable bonds is 13. The minimum absolute atomic E-state index is 0.487. The third-order valence-corrected chi connectivity index (χ3v) is 4.78. The van der Waals surface area contributed by atoms with E-state index in [1.807, 2.05) is 0 Å². The average molecular weight is 386 g/mol. The van der Waals surface area contributed by atoms with Crippen molar-refractivity contribution in [2.75, 3.05) is 79.8 Å². The van der Waals surface area contributed by atoms with E-state index >= 15 is 0 Å². The van der Waals surface area contributed by atoms with E-state index in [0.717, 1.165) is 78.0 Å². The van der Waals surface area contributed by atoms with E-state index in [1.165, 1.54) is 6.42 Å². The summed E-state index contributed by atoms with van der Waals surface area (Å²) < 4.78 is 10.6. The van der Waals surface area contributed by atoms with Gasteiger partial charge in [-0.15, -0.1) is 0 Å². The van der Waals surface area contributed by atoms with Crippen LogP contribution < -0.4 is 10.6 Å². The van der Waals surface area contributed by atoms with Gasteiger partial charge in [0.15, 0.2) is 5.96 Å². The van der Waals surface area contributed by atoms with E-state index in [9.17, 15) is 0 Å². The minimum atomic E-state index is 0.487. The first kappa shape index (κ1) is 24.1. The molecule has 0 aromatic rings. The third-order valence-electron chi connectivity index (χ3n) is 4.78. The van der Waals surface area contributed by atoms with Crippen LogP contribution in [0.3, 0.4) is 0 Å². The van der Waals surface area contributed by atoms with Gasteiger partial charge in [-0.2, -0.15) is 0 Å². The molecule has 1 unspecified atom stereocenters. The molecule has 0 spiro atoms. The van der Waals surface area contributed by atoms with Crippen LogP contribution in [0.2, 0.25) is 0 Å². The summed E-state index contributed by atoms with van der Waals surface area (Å²) >= 11 is 0. The summed E-state index contributed by atoms with van der Waals surface area (Å²) in [6.07, 6.45) is 2.24. The normalized spacial score (nSPS) is 17.5. The number of hydrogen-bond donors (Lipinski definition) is 2. The van der Waals surface area contributed by atoms with Gasteiger partial charge in [-0.05, 0) is 32.7 Å². The Morgan fingerprint density at radius 2 is 1.96 bits per heavy atom. The molecule has 7 heteroatoms. The van der Waals surface area contributed by atoms with Crippen LogP contribution in [0.4, 0.5) is 0 Å².